The van der Waals surface area contributed by atoms with Crippen LogP contribution in [0.15, 0.2) is 42.7 Å². The van der Waals surface area contributed by atoms with Gasteiger partial charge in [-0.2, -0.15) is 0 Å². The molecule has 2 aromatic heterocycles. The summed E-state index contributed by atoms with van der Waals surface area (Å²) in [5.41, 5.74) is 1.72. The van der Waals surface area contributed by atoms with Crippen LogP contribution in [0.5, 0.6) is 0 Å². The van der Waals surface area contributed by atoms with Crippen LogP contribution in [0.1, 0.15) is 6.42 Å². The lowest BCUT2D eigenvalue weighted by Crippen LogP contribution is -2.20. The molecule has 3 aromatic rings. The van der Waals surface area contributed by atoms with Gasteiger partial charge < -0.3 is 9.47 Å². The van der Waals surface area contributed by atoms with Gasteiger partial charge in [0.15, 0.2) is 5.82 Å². The molecule has 1 atom stereocenters. The third kappa shape index (κ3) is 2.76. The van der Waals surface area contributed by atoms with Crippen LogP contribution in [-0.2, 0) is 11.3 Å². The highest BCUT2D eigenvalue weighted by atomic mass is 35.5. The van der Waals surface area contributed by atoms with E-state index in [0.717, 1.165) is 35.5 Å². The quantitative estimate of drug-likeness (QED) is 0.735. The number of benzene rings is 1. The molecule has 0 saturated carbocycles. The Morgan fingerprint density at radius 2 is 2.17 bits per heavy atom. The average molecular weight is 341 g/mol. The van der Waals surface area contributed by atoms with Crippen molar-refractivity contribution in [3.63, 3.8) is 0 Å². The van der Waals surface area contributed by atoms with Crippen LogP contribution in [0, 0.1) is 5.92 Å². The van der Waals surface area contributed by atoms with E-state index in [1.165, 1.54) is 0 Å². The summed E-state index contributed by atoms with van der Waals surface area (Å²) in [6.45, 7) is 1.56. The monoisotopic (exact) mass is 340 g/mol. The fraction of sp³-hybridized carbons (Fsp3) is 0.278. The first kappa shape index (κ1) is 15.1. The van der Waals surface area contributed by atoms with Gasteiger partial charge in [0.1, 0.15) is 5.69 Å². The standard InChI is InChI=1S/C18H17ClN4O/c1-22-10-12(8-17(22)24)11-23-7-6-20-18(23)16-4-2-13-9-14(19)3-5-15(13)21-16/h2-7,9,12H,8,10-11H2,1H3. The van der Waals surface area contributed by atoms with Gasteiger partial charge in [-0.25, -0.2) is 9.97 Å². The molecule has 1 aromatic carbocycles. The molecule has 1 saturated heterocycles. The maximum absolute atomic E-state index is 11.7. The van der Waals surface area contributed by atoms with Gasteiger partial charge in [-0.3, -0.25) is 4.79 Å². The molecule has 0 radical (unpaired) electrons. The Labute approximate surface area is 144 Å². The third-order valence-corrected chi connectivity index (χ3v) is 4.71. The number of amides is 1. The second-order valence-electron chi connectivity index (χ2n) is 6.28. The first-order chi connectivity index (χ1) is 11.6. The van der Waals surface area contributed by atoms with E-state index in [-0.39, 0.29) is 5.91 Å². The molecule has 0 bridgehead atoms. The zero-order valence-corrected chi connectivity index (χ0v) is 14.1. The van der Waals surface area contributed by atoms with Crippen LogP contribution in [-0.4, -0.2) is 38.9 Å². The van der Waals surface area contributed by atoms with Crippen molar-refractivity contribution in [1.29, 1.82) is 0 Å². The Bertz CT molecular complexity index is 920. The van der Waals surface area contributed by atoms with Gasteiger partial charge in [0.05, 0.1) is 5.52 Å². The minimum absolute atomic E-state index is 0.211. The minimum Gasteiger partial charge on any atom is -0.345 e. The Balaban J connectivity index is 1.64. The van der Waals surface area contributed by atoms with Crippen molar-refractivity contribution in [3.05, 3.63) is 47.7 Å². The molecule has 24 heavy (non-hydrogen) atoms. The number of fused-ring (bicyclic) bond motifs is 1. The van der Waals surface area contributed by atoms with Crippen molar-refractivity contribution in [2.24, 2.45) is 5.92 Å². The zero-order valence-electron chi connectivity index (χ0n) is 13.3. The summed E-state index contributed by atoms with van der Waals surface area (Å²) in [6, 6.07) is 9.63. The first-order valence-electron chi connectivity index (χ1n) is 7.92. The highest BCUT2D eigenvalue weighted by Crippen LogP contribution is 2.24. The normalized spacial score (nSPS) is 17.8. The van der Waals surface area contributed by atoms with Crippen LogP contribution in [0.2, 0.25) is 5.02 Å². The second-order valence-corrected chi connectivity index (χ2v) is 6.72. The number of aromatic nitrogens is 3. The predicted molar refractivity (Wildman–Crippen MR) is 93.7 cm³/mol. The van der Waals surface area contributed by atoms with Crippen LogP contribution in [0.4, 0.5) is 0 Å². The summed E-state index contributed by atoms with van der Waals surface area (Å²) >= 11 is 6.03. The van der Waals surface area contributed by atoms with Crippen molar-refractivity contribution < 1.29 is 4.79 Å². The fourth-order valence-corrected chi connectivity index (χ4v) is 3.45. The molecule has 5 nitrogen and oxygen atoms in total. The van der Waals surface area contributed by atoms with Crippen molar-refractivity contribution in [3.8, 4) is 11.5 Å². The summed E-state index contributed by atoms with van der Waals surface area (Å²) in [7, 11) is 1.85. The fourth-order valence-electron chi connectivity index (χ4n) is 3.27. The number of carbonyl (C=O) groups excluding carboxylic acids is 1. The van der Waals surface area contributed by atoms with Gasteiger partial charge >= 0.3 is 0 Å². The van der Waals surface area contributed by atoms with Crippen molar-refractivity contribution in [1.82, 2.24) is 19.4 Å². The molecular weight excluding hydrogens is 324 g/mol. The Hall–Kier alpha value is -2.40. The van der Waals surface area contributed by atoms with E-state index < -0.39 is 0 Å². The summed E-state index contributed by atoms with van der Waals surface area (Å²) in [4.78, 5) is 22.7. The molecule has 1 amide bonds. The third-order valence-electron chi connectivity index (χ3n) is 4.47. The second kappa shape index (κ2) is 5.91. The Morgan fingerprint density at radius 3 is 2.96 bits per heavy atom. The van der Waals surface area contributed by atoms with E-state index in [9.17, 15) is 4.79 Å². The summed E-state index contributed by atoms with van der Waals surface area (Å²) in [6.07, 6.45) is 4.33. The van der Waals surface area contributed by atoms with Gasteiger partial charge in [0.25, 0.3) is 0 Å². The van der Waals surface area contributed by atoms with Gasteiger partial charge in [-0.05, 0) is 24.3 Å². The van der Waals surface area contributed by atoms with Crippen LogP contribution >= 0.6 is 11.6 Å². The summed E-state index contributed by atoms with van der Waals surface area (Å²) in [5, 5.41) is 1.71. The molecule has 1 aliphatic heterocycles. The number of rotatable bonds is 3. The van der Waals surface area contributed by atoms with E-state index in [4.69, 9.17) is 16.6 Å². The number of nitrogens with zero attached hydrogens (tertiary/aromatic N) is 4. The Morgan fingerprint density at radius 1 is 1.29 bits per heavy atom. The van der Waals surface area contributed by atoms with Crippen molar-refractivity contribution in [2.45, 2.75) is 13.0 Å². The number of imidazole rings is 1. The molecule has 0 N–H and O–H groups in total. The van der Waals surface area contributed by atoms with Crippen LogP contribution in [0.3, 0.4) is 0 Å². The van der Waals surface area contributed by atoms with E-state index in [1.807, 2.05) is 43.6 Å². The van der Waals surface area contributed by atoms with Crippen LogP contribution < -0.4 is 0 Å². The number of hydrogen-bond donors (Lipinski definition) is 0. The molecule has 3 heterocycles. The SMILES string of the molecule is CN1CC(Cn2ccnc2-c2ccc3cc(Cl)ccc3n2)CC1=O. The van der Waals surface area contributed by atoms with E-state index in [0.29, 0.717) is 17.4 Å². The maximum Gasteiger partial charge on any atom is 0.222 e. The molecule has 0 spiro atoms. The molecular formula is C18H17ClN4O. The molecule has 1 unspecified atom stereocenters. The summed E-state index contributed by atoms with van der Waals surface area (Å²) < 4.78 is 2.08. The largest absolute Gasteiger partial charge is 0.345 e. The van der Waals surface area contributed by atoms with Gasteiger partial charge in [0.2, 0.25) is 5.91 Å². The van der Waals surface area contributed by atoms with Crippen LogP contribution in [0.25, 0.3) is 22.4 Å². The average Bonchev–Trinajstić information content (AvgIpc) is 3.14. The number of carbonyl (C=O) groups is 1. The number of pyridine rings is 1. The maximum atomic E-state index is 11.7. The van der Waals surface area contributed by atoms with Crippen molar-refractivity contribution in [2.75, 3.05) is 13.6 Å². The number of hydrogen-bond acceptors (Lipinski definition) is 3. The lowest BCUT2D eigenvalue weighted by Gasteiger charge is -2.13. The molecule has 122 valence electrons. The summed E-state index contributed by atoms with van der Waals surface area (Å²) in [5.74, 6) is 1.35. The zero-order chi connectivity index (χ0) is 16.7. The van der Waals surface area contributed by atoms with Gasteiger partial charge in [0, 0.05) is 55.3 Å². The van der Waals surface area contributed by atoms with Gasteiger partial charge in [-0.1, -0.05) is 17.7 Å². The number of likely N-dealkylation sites (tertiary alicyclic amines) is 1. The predicted octanol–water partition coefficient (Wildman–Crippen LogP) is 3.23. The molecule has 4 rings (SSSR count). The lowest BCUT2D eigenvalue weighted by atomic mass is 10.1. The van der Waals surface area contributed by atoms with Gasteiger partial charge in [-0.15, -0.1) is 0 Å². The van der Waals surface area contributed by atoms with E-state index in [1.54, 1.807) is 11.1 Å². The first-order valence-corrected chi connectivity index (χ1v) is 8.30. The van der Waals surface area contributed by atoms with Crippen molar-refractivity contribution >= 4 is 28.4 Å². The van der Waals surface area contributed by atoms with E-state index >= 15 is 0 Å². The lowest BCUT2D eigenvalue weighted by molar-refractivity contribution is -0.126. The smallest absolute Gasteiger partial charge is 0.222 e. The highest BCUT2D eigenvalue weighted by Gasteiger charge is 2.27. The molecule has 1 aliphatic rings. The molecule has 1 fully saturated rings. The molecule has 0 aliphatic carbocycles. The van der Waals surface area contributed by atoms with E-state index in [2.05, 4.69) is 9.55 Å². The minimum atomic E-state index is 0.211. The highest BCUT2D eigenvalue weighted by molar-refractivity contribution is 6.31. The topological polar surface area (TPSA) is 51.0 Å². The number of halogens is 1. The Kier molecular flexibility index (Phi) is 3.73. The molecule has 6 heteroatoms.